The Balaban J connectivity index is 2.22. The molecular formula is C18H18Cl2N2O2. The van der Waals surface area contributed by atoms with Crippen LogP contribution < -0.4 is 5.32 Å². The molecule has 0 aliphatic heterocycles. The van der Waals surface area contributed by atoms with Gasteiger partial charge in [-0.25, -0.2) is 0 Å². The molecule has 0 bridgehead atoms. The highest BCUT2D eigenvalue weighted by molar-refractivity contribution is 6.36. The largest absolute Gasteiger partial charge is 0.339 e. The van der Waals surface area contributed by atoms with Crippen molar-refractivity contribution in [1.82, 2.24) is 4.90 Å². The van der Waals surface area contributed by atoms with E-state index in [9.17, 15) is 9.59 Å². The second-order valence-corrected chi connectivity index (χ2v) is 5.98. The van der Waals surface area contributed by atoms with Crippen molar-refractivity contribution in [2.24, 2.45) is 0 Å². The highest BCUT2D eigenvalue weighted by Crippen LogP contribution is 2.22. The minimum Gasteiger partial charge on any atom is -0.339 e. The molecular weight excluding hydrogens is 347 g/mol. The first-order chi connectivity index (χ1) is 11.5. The average Bonchev–Trinajstić information content (AvgIpc) is 2.58. The molecule has 0 saturated carbocycles. The van der Waals surface area contributed by atoms with Crippen molar-refractivity contribution in [3.05, 3.63) is 63.6 Å². The van der Waals surface area contributed by atoms with Crippen molar-refractivity contribution in [2.75, 3.05) is 18.4 Å². The Bertz CT molecular complexity index is 758. The van der Waals surface area contributed by atoms with Gasteiger partial charge in [-0.3, -0.25) is 9.59 Å². The zero-order valence-corrected chi connectivity index (χ0v) is 15.0. The molecule has 2 rings (SSSR count). The van der Waals surface area contributed by atoms with Gasteiger partial charge in [-0.1, -0.05) is 29.3 Å². The topological polar surface area (TPSA) is 49.4 Å². The molecule has 2 amide bonds. The molecule has 0 aromatic heterocycles. The van der Waals surface area contributed by atoms with Crippen molar-refractivity contribution in [1.29, 1.82) is 0 Å². The van der Waals surface area contributed by atoms with Gasteiger partial charge >= 0.3 is 0 Å². The number of benzene rings is 2. The Labute approximate surface area is 151 Å². The summed E-state index contributed by atoms with van der Waals surface area (Å²) in [5, 5.41) is 3.48. The van der Waals surface area contributed by atoms with E-state index >= 15 is 0 Å². The van der Waals surface area contributed by atoms with Crippen LogP contribution in [0.2, 0.25) is 10.0 Å². The van der Waals surface area contributed by atoms with Gasteiger partial charge in [0.1, 0.15) is 0 Å². The second kappa shape index (κ2) is 8.18. The smallest absolute Gasteiger partial charge is 0.257 e. The van der Waals surface area contributed by atoms with E-state index in [1.54, 1.807) is 41.3 Å². The van der Waals surface area contributed by atoms with Gasteiger partial charge < -0.3 is 10.2 Å². The van der Waals surface area contributed by atoms with E-state index < -0.39 is 0 Å². The fourth-order valence-electron chi connectivity index (χ4n) is 2.29. The summed E-state index contributed by atoms with van der Waals surface area (Å²) in [6.45, 7) is 5.11. The van der Waals surface area contributed by atoms with Crippen molar-refractivity contribution in [3.8, 4) is 0 Å². The maximum absolute atomic E-state index is 12.4. The lowest BCUT2D eigenvalue weighted by Gasteiger charge is -2.19. The Morgan fingerprint density at radius 3 is 2.42 bits per heavy atom. The van der Waals surface area contributed by atoms with Crippen LogP contribution >= 0.6 is 23.2 Å². The van der Waals surface area contributed by atoms with Crippen LogP contribution in [-0.2, 0) is 0 Å². The first-order valence-electron chi connectivity index (χ1n) is 7.62. The molecule has 0 radical (unpaired) electrons. The average molecular weight is 365 g/mol. The van der Waals surface area contributed by atoms with Crippen molar-refractivity contribution >= 4 is 40.7 Å². The van der Waals surface area contributed by atoms with Gasteiger partial charge in [0.2, 0.25) is 0 Å². The molecule has 2 aromatic carbocycles. The summed E-state index contributed by atoms with van der Waals surface area (Å²) >= 11 is 11.9. The highest BCUT2D eigenvalue weighted by atomic mass is 35.5. The third kappa shape index (κ3) is 4.28. The number of carbonyl (C=O) groups is 2. The van der Waals surface area contributed by atoms with E-state index in [1.807, 2.05) is 13.8 Å². The van der Waals surface area contributed by atoms with Crippen molar-refractivity contribution < 1.29 is 9.59 Å². The molecule has 24 heavy (non-hydrogen) atoms. The van der Waals surface area contributed by atoms with E-state index in [4.69, 9.17) is 23.2 Å². The summed E-state index contributed by atoms with van der Waals surface area (Å²) < 4.78 is 0. The van der Waals surface area contributed by atoms with Gasteiger partial charge in [-0.05, 0) is 50.2 Å². The number of rotatable bonds is 5. The van der Waals surface area contributed by atoms with Crippen LogP contribution in [0.1, 0.15) is 34.6 Å². The van der Waals surface area contributed by atoms with Crippen LogP contribution in [0.4, 0.5) is 5.69 Å². The zero-order chi connectivity index (χ0) is 17.7. The van der Waals surface area contributed by atoms with Crippen molar-refractivity contribution in [3.63, 3.8) is 0 Å². The predicted molar refractivity (Wildman–Crippen MR) is 98.1 cm³/mol. The molecule has 0 aliphatic rings. The van der Waals surface area contributed by atoms with Crippen LogP contribution in [-0.4, -0.2) is 29.8 Å². The molecule has 4 nitrogen and oxygen atoms in total. The third-order valence-electron chi connectivity index (χ3n) is 3.59. The fraction of sp³-hybridized carbons (Fsp3) is 0.222. The van der Waals surface area contributed by atoms with Gasteiger partial charge in [0.05, 0.1) is 10.6 Å². The zero-order valence-electron chi connectivity index (χ0n) is 13.5. The molecule has 0 atom stereocenters. The summed E-state index contributed by atoms with van der Waals surface area (Å²) in [6, 6.07) is 11.5. The number of halogens is 2. The lowest BCUT2D eigenvalue weighted by molar-refractivity contribution is 0.0772. The molecule has 0 spiro atoms. The lowest BCUT2D eigenvalue weighted by Crippen LogP contribution is -2.30. The Kier molecular flexibility index (Phi) is 6.23. The van der Waals surface area contributed by atoms with Gasteiger partial charge in [-0.15, -0.1) is 0 Å². The molecule has 126 valence electrons. The van der Waals surface area contributed by atoms with Crippen LogP contribution in [0.15, 0.2) is 42.5 Å². The number of amides is 2. The summed E-state index contributed by atoms with van der Waals surface area (Å²) in [4.78, 5) is 26.5. The second-order valence-electron chi connectivity index (χ2n) is 5.14. The SMILES string of the molecule is CCN(CC)C(=O)c1cccc(NC(=O)c2cc(Cl)ccc2Cl)c1. The van der Waals surface area contributed by atoms with Crippen molar-refractivity contribution in [2.45, 2.75) is 13.8 Å². The summed E-state index contributed by atoms with van der Waals surface area (Å²) in [7, 11) is 0. The molecule has 6 heteroatoms. The Hall–Kier alpha value is -2.04. The van der Waals surface area contributed by atoms with Crippen LogP contribution in [0, 0.1) is 0 Å². The molecule has 0 fully saturated rings. The number of nitrogens with one attached hydrogen (secondary N) is 1. The Morgan fingerprint density at radius 1 is 1.04 bits per heavy atom. The predicted octanol–water partition coefficient (Wildman–Crippen LogP) is 4.73. The standard InChI is InChI=1S/C18H18Cl2N2O2/c1-3-22(4-2)18(24)12-6-5-7-14(10-12)21-17(23)15-11-13(19)8-9-16(15)20/h5-11H,3-4H2,1-2H3,(H,21,23). The molecule has 2 aromatic rings. The van der Waals surface area contributed by atoms with Gasteiger partial charge in [0, 0.05) is 29.4 Å². The molecule has 1 N–H and O–H groups in total. The molecule has 0 heterocycles. The fourth-order valence-corrected chi connectivity index (χ4v) is 2.67. The maximum Gasteiger partial charge on any atom is 0.257 e. The summed E-state index contributed by atoms with van der Waals surface area (Å²) in [5.41, 5.74) is 1.33. The minimum absolute atomic E-state index is 0.0723. The summed E-state index contributed by atoms with van der Waals surface area (Å²) in [5.74, 6) is -0.452. The van der Waals surface area contributed by atoms with E-state index in [2.05, 4.69) is 5.32 Å². The van der Waals surface area contributed by atoms with Crippen LogP contribution in [0.5, 0.6) is 0 Å². The molecule has 0 aliphatic carbocycles. The number of anilines is 1. The Morgan fingerprint density at radius 2 is 1.75 bits per heavy atom. The monoisotopic (exact) mass is 364 g/mol. The van der Waals surface area contributed by atoms with Gasteiger partial charge in [0.25, 0.3) is 11.8 Å². The lowest BCUT2D eigenvalue weighted by atomic mass is 10.1. The third-order valence-corrected chi connectivity index (χ3v) is 4.16. The van der Waals surface area contributed by atoms with E-state index in [-0.39, 0.29) is 17.4 Å². The van der Waals surface area contributed by atoms with E-state index in [0.717, 1.165) is 0 Å². The van der Waals surface area contributed by atoms with Gasteiger partial charge in [0.15, 0.2) is 0 Å². The molecule has 0 saturated heterocycles. The van der Waals surface area contributed by atoms with Crippen LogP contribution in [0.25, 0.3) is 0 Å². The quantitative estimate of drug-likeness (QED) is 0.833. The van der Waals surface area contributed by atoms with Gasteiger partial charge in [-0.2, -0.15) is 0 Å². The summed E-state index contributed by atoms with van der Waals surface area (Å²) in [6.07, 6.45) is 0. The maximum atomic E-state index is 12.4. The van der Waals surface area contributed by atoms with E-state index in [0.29, 0.717) is 34.4 Å². The minimum atomic E-state index is -0.380. The van der Waals surface area contributed by atoms with Crippen LogP contribution in [0.3, 0.4) is 0 Å². The van der Waals surface area contributed by atoms with E-state index in [1.165, 1.54) is 6.07 Å². The first-order valence-corrected chi connectivity index (χ1v) is 8.37. The number of nitrogens with zero attached hydrogens (tertiary/aromatic N) is 1. The number of carbonyl (C=O) groups excluding carboxylic acids is 2. The highest BCUT2D eigenvalue weighted by Gasteiger charge is 2.15. The number of hydrogen-bond acceptors (Lipinski definition) is 2. The first kappa shape index (κ1) is 18.3. The number of hydrogen-bond donors (Lipinski definition) is 1. The normalized spacial score (nSPS) is 10.3. The molecule has 0 unspecified atom stereocenters.